The van der Waals surface area contributed by atoms with Crippen molar-refractivity contribution in [3.05, 3.63) is 105 Å². The molecular weight excluding hydrogens is 996 g/mol. The van der Waals surface area contributed by atoms with Crippen LogP contribution in [0.2, 0.25) is 5.02 Å². The first-order valence-corrected chi connectivity index (χ1v) is 26.3. The Morgan fingerprint density at radius 2 is 1.63 bits per heavy atom. The fraction of sp³-hybridized carbons (Fsp3) is 0.473. The van der Waals surface area contributed by atoms with E-state index in [-0.39, 0.29) is 99.9 Å². The number of fused-ring (bicyclic) bond motifs is 2. The van der Waals surface area contributed by atoms with Gasteiger partial charge in [0.15, 0.2) is 23.2 Å². The van der Waals surface area contributed by atoms with Crippen molar-refractivity contribution in [1.29, 1.82) is 0 Å². The molecule has 1 saturated carbocycles. The largest absolute Gasteiger partial charge is 0.488 e. The number of rotatable bonds is 14. The van der Waals surface area contributed by atoms with Crippen molar-refractivity contribution < 1.29 is 51.3 Å². The Morgan fingerprint density at radius 3 is 2.31 bits per heavy atom. The van der Waals surface area contributed by atoms with Crippen LogP contribution in [0.4, 0.5) is 28.2 Å². The summed E-state index contributed by atoms with van der Waals surface area (Å²) in [6.45, 7) is 4.47. The molecule has 10 rings (SSSR count). The van der Waals surface area contributed by atoms with E-state index < -0.39 is 64.3 Å². The van der Waals surface area contributed by atoms with Gasteiger partial charge in [-0.25, -0.2) is 22.4 Å². The topological polar surface area (TPSA) is 185 Å². The smallest absolute Gasteiger partial charge is 0.329 e. The number of aryl methyl sites for hydroxylation is 1. The number of halogens is 5. The summed E-state index contributed by atoms with van der Waals surface area (Å²) in [7, 11) is 1.56. The number of primary amides is 1. The first kappa shape index (κ1) is 52.2. The minimum atomic E-state index is -1.07. The van der Waals surface area contributed by atoms with Gasteiger partial charge in [-0.05, 0) is 101 Å². The number of imide groups is 1. The molecule has 1 aliphatic carbocycles. The molecule has 75 heavy (non-hydrogen) atoms. The molecule has 4 fully saturated rings. The third-order valence-electron chi connectivity index (χ3n) is 16.5. The molecule has 0 spiro atoms. The molecule has 15 nitrogen and oxygen atoms in total. The standard InChI is InChI=1S/C55H61ClF4N8O7/c1-30-43-41(29-39(58)47(56)46(43)45-36(51(61)71)12-13-40(48(45)59)74-27-26-69)75-55(30,33-6-4-3-5-7-33)19-20-62-34-10-8-32(9-11-34)53(72)67-23-16-35(17-24-67)66-21-14-31(15-22-66)44-38(57)28-37-50(49(44)60)65(2)64-52(37)68-25-18-42(70)63-54(68)73/h3-7,12-13,28-32,34-35,62,69H,8-11,14-27H2,1-2H3,(H2,61,71)(H,63,70,73)/t30-,32?,34?,55-/m0/s1. The molecule has 1 aromatic heterocycles. The van der Waals surface area contributed by atoms with Gasteiger partial charge in [0.2, 0.25) is 17.7 Å². The number of aliphatic hydroxyl groups is 1. The number of hydrogen-bond acceptors (Lipinski definition) is 10. The molecule has 0 bridgehead atoms. The maximum Gasteiger partial charge on any atom is 0.329 e. The second kappa shape index (κ2) is 21.4. The van der Waals surface area contributed by atoms with Crippen molar-refractivity contribution in [2.75, 3.05) is 57.4 Å². The van der Waals surface area contributed by atoms with E-state index in [9.17, 15) is 24.3 Å². The van der Waals surface area contributed by atoms with Gasteiger partial charge in [-0.3, -0.25) is 29.3 Å². The Morgan fingerprint density at radius 1 is 0.907 bits per heavy atom. The number of carbonyl (C=O) groups excluding carboxylic acids is 4. The van der Waals surface area contributed by atoms with Crippen LogP contribution < -0.4 is 30.7 Å². The predicted octanol–water partition coefficient (Wildman–Crippen LogP) is 8.17. The number of nitrogens with two attached hydrogens (primary N) is 1. The monoisotopic (exact) mass is 1060 g/mol. The predicted molar refractivity (Wildman–Crippen MR) is 273 cm³/mol. The number of carbonyl (C=O) groups is 4. The Balaban J connectivity index is 0.738. The molecule has 398 valence electrons. The van der Waals surface area contributed by atoms with Gasteiger partial charge in [0, 0.05) is 91.8 Å². The third-order valence-corrected chi connectivity index (χ3v) is 16.8. The lowest BCUT2D eigenvalue weighted by atomic mass is 9.75. The number of amides is 5. The molecule has 4 aromatic carbocycles. The van der Waals surface area contributed by atoms with Crippen LogP contribution in [0.3, 0.4) is 0 Å². The van der Waals surface area contributed by atoms with E-state index in [4.69, 9.17) is 26.8 Å². The highest BCUT2D eigenvalue weighted by atomic mass is 35.5. The highest BCUT2D eigenvalue weighted by molar-refractivity contribution is 6.34. The number of nitrogens with one attached hydrogen (secondary N) is 2. The first-order chi connectivity index (χ1) is 36.1. The minimum absolute atomic E-state index is 0.0317. The van der Waals surface area contributed by atoms with Gasteiger partial charge >= 0.3 is 6.03 Å². The molecule has 0 radical (unpaired) electrons. The van der Waals surface area contributed by atoms with Gasteiger partial charge in [0.1, 0.15) is 35.1 Å². The van der Waals surface area contributed by atoms with Crippen molar-refractivity contribution in [2.24, 2.45) is 18.7 Å². The van der Waals surface area contributed by atoms with E-state index in [1.165, 1.54) is 33.8 Å². The molecule has 5 aromatic rings. The molecule has 5 heterocycles. The average Bonchev–Trinajstić information content (AvgIpc) is 3.90. The van der Waals surface area contributed by atoms with E-state index in [0.29, 0.717) is 57.5 Å². The van der Waals surface area contributed by atoms with Crippen molar-refractivity contribution in [1.82, 2.24) is 30.2 Å². The summed E-state index contributed by atoms with van der Waals surface area (Å²) in [5, 5.41) is 19.4. The van der Waals surface area contributed by atoms with Crippen LogP contribution in [0, 0.1) is 29.2 Å². The zero-order chi connectivity index (χ0) is 52.9. The maximum absolute atomic E-state index is 16.5. The fourth-order valence-electron chi connectivity index (χ4n) is 12.6. The normalized spacial score (nSPS) is 22.9. The number of benzene rings is 4. The van der Waals surface area contributed by atoms with Gasteiger partial charge in [-0.2, -0.15) is 5.10 Å². The van der Waals surface area contributed by atoms with Crippen LogP contribution >= 0.6 is 11.6 Å². The van der Waals surface area contributed by atoms with Crippen LogP contribution in [0.15, 0.2) is 54.6 Å². The van der Waals surface area contributed by atoms with Gasteiger partial charge in [-0.1, -0.05) is 48.9 Å². The summed E-state index contributed by atoms with van der Waals surface area (Å²) in [6, 6.07) is 14.2. The van der Waals surface area contributed by atoms with Crippen molar-refractivity contribution >= 4 is 52.1 Å². The Hall–Kier alpha value is -6.28. The molecule has 5 N–H and O–H groups in total. The van der Waals surface area contributed by atoms with Crippen LogP contribution in [0.25, 0.3) is 22.0 Å². The number of hydrogen-bond donors (Lipinski definition) is 4. The van der Waals surface area contributed by atoms with Gasteiger partial charge in [0.25, 0.3) is 0 Å². The van der Waals surface area contributed by atoms with Crippen molar-refractivity contribution in [3.8, 4) is 22.6 Å². The van der Waals surface area contributed by atoms with Crippen LogP contribution in [0.1, 0.15) is 110 Å². The SMILES string of the molecule is C[C@H]1c2c(cc(F)c(Cl)c2-c2c(C(N)=O)ccc(OCCO)c2F)O[C@]1(CCNC1CCC(C(=O)N2CCC(N3CCC(c4c(F)cc5c(N6CCC(=O)NC6=O)nn(C)c5c4F)CC3)CC2)CC1)c1ccccc1. The van der Waals surface area contributed by atoms with Gasteiger partial charge in [0.05, 0.1) is 22.6 Å². The number of piperidine rings is 2. The minimum Gasteiger partial charge on any atom is -0.488 e. The Labute approximate surface area is 436 Å². The van der Waals surface area contributed by atoms with E-state index in [1.807, 2.05) is 42.2 Å². The number of likely N-dealkylation sites (tertiary alicyclic amines) is 2. The summed E-state index contributed by atoms with van der Waals surface area (Å²) in [4.78, 5) is 56.6. The van der Waals surface area contributed by atoms with Crippen molar-refractivity contribution in [2.45, 2.75) is 101 Å². The highest BCUT2D eigenvalue weighted by Crippen LogP contribution is 2.58. The van der Waals surface area contributed by atoms with E-state index in [0.717, 1.165) is 44.1 Å². The number of urea groups is 1. The number of anilines is 1. The summed E-state index contributed by atoms with van der Waals surface area (Å²) in [5.74, 6) is -5.38. The number of aliphatic hydroxyl groups excluding tert-OH is 1. The molecule has 5 amide bonds. The summed E-state index contributed by atoms with van der Waals surface area (Å²) in [5.41, 5.74) is 5.45. The maximum atomic E-state index is 16.5. The van der Waals surface area contributed by atoms with Crippen LogP contribution in [-0.4, -0.2) is 113 Å². The van der Waals surface area contributed by atoms with Gasteiger partial charge in [-0.15, -0.1) is 0 Å². The molecular formula is C55H61ClF4N8O7. The lowest BCUT2D eigenvalue weighted by molar-refractivity contribution is -0.138. The molecule has 3 saturated heterocycles. The summed E-state index contributed by atoms with van der Waals surface area (Å²) < 4.78 is 78.0. The van der Waals surface area contributed by atoms with Crippen LogP contribution in [0.5, 0.6) is 11.5 Å². The fourth-order valence-corrected chi connectivity index (χ4v) is 12.8. The third kappa shape index (κ3) is 9.69. The Kier molecular flexibility index (Phi) is 14.9. The molecule has 20 heteroatoms. The number of aromatic nitrogens is 2. The zero-order valence-corrected chi connectivity index (χ0v) is 42.7. The lowest BCUT2D eigenvalue weighted by Crippen LogP contribution is -2.50. The Bertz CT molecular complexity index is 3030. The second-order valence-electron chi connectivity index (χ2n) is 20.6. The average molecular weight is 1060 g/mol. The molecule has 5 aliphatic rings. The van der Waals surface area contributed by atoms with Crippen LogP contribution in [-0.2, 0) is 22.2 Å². The van der Waals surface area contributed by atoms with Gasteiger partial charge < -0.3 is 35.4 Å². The van der Waals surface area contributed by atoms with Crippen molar-refractivity contribution in [3.63, 3.8) is 0 Å². The quantitative estimate of drug-likeness (QED) is 0.0792. The summed E-state index contributed by atoms with van der Waals surface area (Å²) in [6.07, 6.45) is 6.29. The number of nitrogens with zero attached hydrogens (tertiary/aromatic N) is 5. The molecule has 0 unspecified atom stereocenters. The van der Waals surface area contributed by atoms with E-state index >= 15 is 17.6 Å². The molecule has 2 atom stereocenters. The van der Waals surface area contributed by atoms with E-state index in [1.54, 1.807) is 7.05 Å². The zero-order valence-electron chi connectivity index (χ0n) is 41.9. The molecule has 4 aliphatic heterocycles. The second-order valence-corrected chi connectivity index (χ2v) is 21.0. The first-order valence-electron chi connectivity index (χ1n) is 25.9. The summed E-state index contributed by atoms with van der Waals surface area (Å²) >= 11 is 6.71. The highest BCUT2D eigenvalue weighted by Gasteiger charge is 2.50. The lowest BCUT2D eigenvalue weighted by Gasteiger charge is -2.43. The van der Waals surface area contributed by atoms with E-state index in [2.05, 4.69) is 20.6 Å². The number of ether oxygens (including phenoxy) is 2.